The smallest absolute Gasteiger partial charge is 0.307 e. The lowest BCUT2D eigenvalue weighted by atomic mass is 10.1. The van der Waals surface area contributed by atoms with Gasteiger partial charge in [0.05, 0.1) is 32.3 Å². The van der Waals surface area contributed by atoms with E-state index >= 15 is 0 Å². The highest BCUT2D eigenvalue weighted by molar-refractivity contribution is 5.91. The van der Waals surface area contributed by atoms with E-state index in [4.69, 9.17) is 19.0 Å². The summed E-state index contributed by atoms with van der Waals surface area (Å²) < 4.78 is 15.6. The SMILES string of the molecule is COc1cc(OC)c2c(CC(=O)O)coc2c1. The predicted octanol–water partition coefficient (Wildman–Crippen LogP) is 2.08. The molecule has 2 rings (SSSR count). The van der Waals surface area contributed by atoms with Crippen LogP contribution >= 0.6 is 0 Å². The standard InChI is InChI=1S/C12H12O5/c1-15-8-4-9(16-2)12-7(3-11(13)14)6-17-10(12)5-8/h4-6H,3H2,1-2H3,(H,13,14). The molecule has 0 atom stereocenters. The molecule has 17 heavy (non-hydrogen) atoms. The van der Waals surface area contributed by atoms with Crippen LogP contribution in [0.4, 0.5) is 0 Å². The van der Waals surface area contributed by atoms with Gasteiger partial charge >= 0.3 is 5.97 Å². The normalized spacial score (nSPS) is 10.5. The third-order valence-electron chi connectivity index (χ3n) is 2.49. The summed E-state index contributed by atoms with van der Waals surface area (Å²) in [5, 5.41) is 9.48. The first kappa shape index (κ1) is 11.3. The van der Waals surface area contributed by atoms with Crippen molar-refractivity contribution in [2.45, 2.75) is 6.42 Å². The van der Waals surface area contributed by atoms with Gasteiger partial charge in [0.25, 0.3) is 0 Å². The van der Waals surface area contributed by atoms with E-state index < -0.39 is 5.97 Å². The Labute approximate surface area is 97.6 Å². The van der Waals surface area contributed by atoms with Gasteiger partial charge in [-0.3, -0.25) is 4.79 Å². The van der Waals surface area contributed by atoms with Crippen LogP contribution in [0.5, 0.6) is 11.5 Å². The molecule has 0 saturated heterocycles. The van der Waals surface area contributed by atoms with Crippen LogP contribution in [0.1, 0.15) is 5.56 Å². The highest BCUT2D eigenvalue weighted by Crippen LogP contribution is 2.35. The first-order valence-electron chi connectivity index (χ1n) is 4.99. The average molecular weight is 236 g/mol. The Bertz CT molecular complexity index is 555. The second-order valence-electron chi connectivity index (χ2n) is 3.53. The van der Waals surface area contributed by atoms with Crippen molar-refractivity contribution < 1.29 is 23.8 Å². The van der Waals surface area contributed by atoms with Crippen molar-refractivity contribution in [3.8, 4) is 11.5 Å². The molecule has 0 radical (unpaired) electrons. The lowest BCUT2D eigenvalue weighted by molar-refractivity contribution is -0.136. The first-order valence-corrected chi connectivity index (χ1v) is 4.99. The van der Waals surface area contributed by atoms with E-state index in [2.05, 4.69) is 0 Å². The summed E-state index contributed by atoms with van der Waals surface area (Å²) in [5.74, 6) is 0.237. The third kappa shape index (κ3) is 2.04. The Balaban J connectivity index is 2.61. The van der Waals surface area contributed by atoms with Gasteiger partial charge in [0.15, 0.2) is 0 Å². The Hall–Kier alpha value is -2.17. The molecule has 1 aromatic carbocycles. The molecule has 0 fully saturated rings. The fourth-order valence-corrected chi connectivity index (χ4v) is 1.74. The number of carbonyl (C=O) groups is 1. The Morgan fingerprint density at radius 2 is 2.12 bits per heavy atom. The maximum absolute atomic E-state index is 10.7. The third-order valence-corrected chi connectivity index (χ3v) is 2.49. The maximum atomic E-state index is 10.7. The highest BCUT2D eigenvalue weighted by atomic mass is 16.5. The second-order valence-corrected chi connectivity index (χ2v) is 3.53. The van der Waals surface area contributed by atoms with Crippen molar-refractivity contribution in [1.82, 2.24) is 0 Å². The van der Waals surface area contributed by atoms with Crippen LogP contribution in [-0.2, 0) is 11.2 Å². The number of methoxy groups -OCH3 is 2. The molecule has 0 aliphatic rings. The van der Waals surface area contributed by atoms with Crippen molar-refractivity contribution in [3.05, 3.63) is 24.0 Å². The van der Waals surface area contributed by atoms with Crippen LogP contribution < -0.4 is 9.47 Å². The molecule has 0 aliphatic heterocycles. The number of carboxylic acids is 1. The quantitative estimate of drug-likeness (QED) is 0.880. The molecular weight excluding hydrogens is 224 g/mol. The topological polar surface area (TPSA) is 68.9 Å². The predicted molar refractivity (Wildman–Crippen MR) is 60.7 cm³/mol. The Kier molecular flexibility index (Phi) is 2.91. The molecule has 5 nitrogen and oxygen atoms in total. The number of benzene rings is 1. The van der Waals surface area contributed by atoms with E-state index in [0.29, 0.717) is 28.0 Å². The lowest BCUT2D eigenvalue weighted by Crippen LogP contribution is -1.99. The van der Waals surface area contributed by atoms with Crippen LogP contribution in [0.15, 0.2) is 22.8 Å². The zero-order chi connectivity index (χ0) is 12.4. The maximum Gasteiger partial charge on any atom is 0.307 e. The molecule has 0 aliphatic carbocycles. The summed E-state index contributed by atoms with van der Waals surface area (Å²) in [7, 11) is 3.06. The van der Waals surface area contributed by atoms with Gasteiger partial charge in [0.1, 0.15) is 17.1 Å². The van der Waals surface area contributed by atoms with Gasteiger partial charge in [-0.1, -0.05) is 0 Å². The summed E-state index contributed by atoms with van der Waals surface area (Å²) in [6.07, 6.45) is 1.33. The largest absolute Gasteiger partial charge is 0.496 e. The highest BCUT2D eigenvalue weighted by Gasteiger charge is 2.15. The molecule has 90 valence electrons. The Morgan fingerprint density at radius 3 is 2.71 bits per heavy atom. The Morgan fingerprint density at radius 1 is 1.35 bits per heavy atom. The van der Waals surface area contributed by atoms with Gasteiger partial charge in [-0.05, 0) is 0 Å². The van der Waals surface area contributed by atoms with E-state index in [1.165, 1.54) is 13.4 Å². The van der Waals surface area contributed by atoms with Gasteiger partial charge in [-0.15, -0.1) is 0 Å². The second kappa shape index (κ2) is 4.37. The molecule has 1 N–H and O–H groups in total. The number of fused-ring (bicyclic) bond motifs is 1. The van der Waals surface area contributed by atoms with Crippen LogP contribution in [-0.4, -0.2) is 25.3 Å². The summed E-state index contributed by atoms with van der Waals surface area (Å²) in [5.41, 5.74) is 1.14. The van der Waals surface area contributed by atoms with Gasteiger partial charge in [0, 0.05) is 17.7 Å². The summed E-state index contributed by atoms with van der Waals surface area (Å²) in [4.78, 5) is 10.7. The van der Waals surface area contributed by atoms with Crippen LogP contribution in [0, 0.1) is 0 Å². The zero-order valence-corrected chi connectivity index (χ0v) is 9.52. The summed E-state index contributed by atoms with van der Waals surface area (Å²) >= 11 is 0. The molecule has 0 spiro atoms. The van der Waals surface area contributed by atoms with E-state index in [1.54, 1.807) is 19.2 Å². The van der Waals surface area contributed by atoms with Gasteiger partial charge < -0.3 is 19.0 Å². The molecule has 0 bridgehead atoms. The van der Waals surface area contributed by atoms with Gasteiger partial charge in [-0.25, -0.2) is 0 Å². The number of rotatable bonds is 4. The molecule has 1 aromatic heterocycles. The molecular formula is C12H12O5. The fourth-order valence-electron chi connectivity index (χ4n) is 1.74. The van der Waals surface area contributed by atoms with Crippen LogP contribution in [0.2, 0.25) is 0 Å². The molecule has 1 heterocycles. The molecule has 0 amide bonds. The average Bonchev–Trinajstić information content (AvgIpc) is 2.70. The number of furan rings is 1. The first-order chi connectivity index (χ1) is 8.15. The molecule has 5 heteroatoms. The number of aliphatic carboxylic acids is 1. The van der Waals surface area contributed by atoms with E-state index in [9.17, 15) is 4.79 Å². The minimum Gasteiger partial charge on any atom is -0.496 e. The zero-order valence-electron chi connectivity index (χ0n) is 9.52. The molecule has 2 aromatic rings. The van der Waals surface area contributed by atoms with E-state index in [-0.39, 0.29) is 6.42 Å². The number of hydrogen-bond donors (Lipinski definition) is 1. The minimum atomic E-state index is -0.912. The van der Waals surface area contributed by atoms with E-state index in [1.807, 2.05) is 0 Å². The number of carboxylic acid groups (broad SMARTS) is 1. The monoisotopic (exact) mass is 236 g/mol. The van der Waals surface area contributed by atoms with Gasteiger partial charge in [-0.2, -0.15) is 0 Å². The van der Waals surface area contributed by atoms with Crippen molar-refractivity contribution in [1.29, 1.82) is 0 Å². The molecule has 0 saturated carbocycles. The van der Waals surface area contributed by atoms with Crippen LogP contribution in [0.3, 0.4) is 0 Å². The number of hydrogen-bond acceptors (Lipinski definition) is 4. The van der Waals surface area contributed by atoms with Crippen molar-refractivity contribution in [3.63, 3.8) is 0 Å². The van der Waals surface area contributed by atoms with Crippen molar-refractivity contribution in [2.75, 3.05) is 14.2 Å². The fraction of sp³-hybridized carbons (Fsp3) is 0.250. The van der Waals surface area contributed by atoms with Crippen molar-refractivity contribution in [2.24, 2.45) is 0 Å². The molecule has 0 unspecified atom stereocenters. The summed E-state index contributed by atoms with van der Waals surface area (Å²) in [6.45, 7) is 0. The lowest BCUT2D eigenvalue weighted by Gasteiger charge is -2.06. The van der Waals surface area contributed by atoms with E-state index in [0.717, 1.165) is 0 Å². The van der Waals surface area contributed by atoms with Crippen molar-refractivity contribution >= 4 is 16.9 Å². The van der Waals surface area contributed by atoms with Crippen LogP contribution in [0.25, 0.3) is 11.0 Å². The minimum absolute atomic E-state index is 0.101. The van der Waals surface area contributed by atoms with Gasteiger partial charge in [0.2, 0.25) is 0 Å². The number of ether oxygens (including phenoxy) is 2. The summed E-state index contributed by atoms with van der Waals surface area (Å²) in [6, 6.07) is 3.40.